The number of likely N-dealkylation sites (tertiary alicyclic amines) is 1. The Morgan fingerprint density at radius 3 is 3.04 bits per heavy atom. The van der Waals surface area contributed by atoms with Crippen LogP contribution in [-0.4, -0.2) is 49.0 Å². The molecule has 0 bridgehead atoms. The number of aryl methyl sites for hydroxylation is 1. The molecule has 8 heteroatoms. The van der Waals surface area contributed by atoms with E-state index in [-0.39, 0.29) is 11.9 Å². The molecule has 1 atom stereocenters. The number of nitrogens with zero attached hydrogens (tertiary/aromatic N) is 6. The minimum absolute atomic E-state index is 0.204. The van der Waals surface area contributed by atoms with Crippen molar-refractivity contribution in [1.29, 1.82) is 0 Å². The number of nitrogens with one attached hydrogen (secondary N) is 1. The molecule has 1 amide bonds. The van der Waals surface area contributed by atoms with Crippen molar-refractivity contribution in [1.82, 2.24) is 34.8 Å². The lowest BCUT2D eigenvalue weighted by molar-refractivity contribution is 0.0952. The zero-order valence-corrected chi connectivity index (χ0v) is 14.9. The molecule has 134 valence electrons. The molecule has 1 fully saturated rings. The van der Waals surface area contributed by atoms with Gasteiger partial charge in [0.1, 0.15) is 11.4 Å². The van der Waals surface area contributed by atoms with E-state index < -0.39 is 0 Å². The smallest absolute Gasteiger partial charge is 0.257 e. The second-order valence-corrected chi connectivity index (χ2v) is 6.60. The van der Waals surface area contributed by atoms with Gasteiger partial charge in [-0.3, -0.25) is 9.69 Å². The van der Waals surface area contributed by atoms with Gasteiger partial charge in [0.25, 0.3) is 5.91 Å². The van der Waals surface area contributed by atoms with E-state index in [1.165, 1.54) is 6.20 Å². The Bertz CT molecular complexity index is 952. The number of fused-ring (bicyclic) bond motifs is 1. The van der Waals surface area contributed by atoms with E-state index in [2.05, 4.69) is 37.3 Å². The summed E-state index contributed by atoms with van der Waals surface area (Å²) in [5, 5.41) is 7.12. The molecule has 1 N–H and O–H groups in total. The van der Waals surface area contributed by atoms with Crippen LogP contribution in [0.5, 0.6) is 0 Å². The lowest BCUT2D eigenvalue weighted by Crippen LogP contribution is -2.26. The van der Waals surface area contributed by atoms with Gasteiger partial charge in [0.15, 0.2) is 5.65 Å². The zero-order chi connectivity index (χ0) is 18.1. The van der Waals surface area contributed by atoms with E-state index in [1.54, 1.807) is 23.0 Å². The van der Waals surface area contributed by atoms with Crippen LogP contribution in [-0.2, 0) is 6.54 Å². The highest BCUT2D eigenvalue weighted by atomic mass is 16.1. The first-order valence-electron chi connectivity index (χ1n) is 8.72. The predicted molar refractivity (Wildman–Crippen MR) is 95.5 cm³/mol. The Morgan fingerprint density at radius 1 is 1.35 bits per heavy atom. The van der Waals surface area contributed by atoms with Gasteiger partial charge in [0.05, 0.1) is 17.9 Å². The first-order chi connectivity index (χ1) is 12.6. The molecule has 4 heterocycles. The summed E-state index contributed by atoms with van der Waals surface area (Å²) in [4.78, 5) is 28.1. The highest BCUT2D eigenvalue weighted by molar-refractivity contribution is 5.99. The summed E-state index contributed by atoms with van der Waals surface area (Å²) >= 11 is 0. The van der Waals surface area contributed by atoms with Gasteiger partial charge in [-0.05, 0) is 39.4 Å². The average molecular weight is 351 g/mol. The maximum Gasteiger partial charge on any atom is 0.257 e. The molecular formula is C18H21N7O. The molecular weight excluding hydrogens is 330 g/mol. The Labute approximate surface area is 151 Å². The highest BCUT2D eigenvalue weighted by Crippen LogP contribution is 2.31. The standard InChI is InChI=1S/C18H21N7O/c1-12-20-9-13(16(23-12)15-5-3-7-24(15)2)10-21-18(26)14-11-22-25-8-4-6-19-17(14)25/h4,6,8-9,11,15H,3,5,7,10H2,1-2H3,(H,21,26). The SMILES string of the molecule is Cc1ncc(CNC(=O)c2cnn3cccnc23)c(C2CCCN2C)n1. The van der Waals surface area contributed by atoms with Gasteiger partial charge in [0, 0.05) is 30.7 Å². The predicted octanol–water partition coefficient (Wildman–Crippen LogP) is 1.52. The van der Waals surface area contributed by atoms with Crippen molar-refractivity contribution in [3.63, 3.8) is 0 Å². The summed E-state index contributed by atoms with van der Waals surface area (Å²) in [6.07, 6.45) is 9.00. The van der Waals surface area contributed by atoms with Gasteiger partial charge in [-0.15, -0.1) is 0 Å². The summed E-state index contributed by atoms with van der Waals surface area (Å²) in [5.74, 6) is 0.548. The van der Waals surface area contributed by atoms with Crippen LogP contribution in [0, 0.1) is 6.92 Å². The molecule has 8 nitrogen and oxygen atoms in total. The minimum atomic E-state index is -0.204. The Hall–Kier alpha value is -2.87. The van der Waals surface area contributed by atoms with Crippen molar-refractivity contribution in [3.05, 3.63) is 53.5 Å². The molecule has 1 saturated heterocycles. The second-order valence-electron chi connectivity index (χ2n) is 6.60. The third-order valence-corrected chi connectivity index (χ3v) is 4.82. The minimum Gasteiger partial charge on any atom is -0.348 e. The molecule has 3 aromatic rings. The fraction of sp³-hybridized carbons (Fsp3) is 0.389. The molecule has 3 aromatic heterocycles. The molecule has 0 aromatic carbocycles. The van der Waals surface area contributed by atoms with Crippen LogP contribution in [0.15, 0.2) is 30.9 Å². The van der Waals surface area contributed by atoms with Crippen LogP contribution in [0.25, 0.3) is 5.65 Å². The van der Waals surface area contributed by atoms with E-state index >= 15 is 0 Å². The maximum atomic E-state index is 12.6. The molecule has 1 unspecified atom stereocenters. The molecule has 0 aliphatic carbocycles. The van der Waals surface area contributed by atoms with Crippen molar-refractivity contribution in [2.24, 2.45) is 0 Å². The molecule has 1 aliphatic heterocycles. The van der Waals surface area contributed by atoms with Crippen molar-refractivity contribution < 1.29 is 4.79 Å². The van der Waals surface area contributed by atoms with Crippen LogP contribution < -0.4 is 5.32 Å². The lowest BCUT2D eigenvalue weighted by Gasteiger charge is -2.21. The normalized spacial score (nSPS) is 17.7. The van der Waals surface area contributed by atoms with E-state index in [0.29, 0.717) is 17.8 Å². The third kappa shape index (κ3) is 3.03. The number of amides is 1. The van der Waals surface area contributed by atoms with Crippen LogP contribution in [0.1, 0.15) is 46.3 Å². The van der Waals surface area contributed by atoms with Crippen molar-refractivity contribution in [2.75, 3.05) is 13.6 Å². The van der Waals surface area contributed by atoms with Crippen LogP contribution in [0.2, 0.25) is 0 Å². The van der Waals surface area contributed by atoms with Crippen LogP contribution >= 0.6 is 0 Å². The fourth-order valence-electron chi connectivity index (χ4n) is 3.45. The fourth-order valence-corrected chi connectivity index (χ4v) is 3.45. The van der Waals surface area contributed by atoms with Crippen molar-refractivity contribution >= 4 is 11.6 Å². The molecule has 4 rings (SSSR count). The molecule has 0 radical (unpaired) electrons. The number of carbonyl (C=O) groups is 1. The van der Waals surface area contributed by atoms with Gasteiger partial charge in [0.2, 0.25) is 0 Å². The summed E-state index contributed by atoms with van der Waals surface area (Å²) < 4.78 is 1.59. The van der Waals surface area contributed by atoms with E-state index in [4.69, 9.17) is 0 Å². The number of hydrogen-bond donors (Lipinski definition) is 1. The van der Waals surface area contributed by atoms with E-state index in [0.717, 1.165) is 36.5 Å². The lowest BCUT2D eigenvalue weighted by atomic mass is 10.1. The Morgan fingerprint density at radius 2 is 2.23 bits per heavy atom. The quantitative estimate of drug-likeness (QED) is 0.767. The Kier molecular flexibility index (Phi) is 4.34. The number of carbonyl (C=O) groups excluding carboxylic acids is 1. The number of aromatic nitrogens is 5. The molecule has 1 aliphatic rings. The molecule has 26 heavy (non-hydrogen) atoms. The third-order valence-electron chi connectivity index (χ3n) is 4.82. The highest BCUT2D eigenvalue weighted by Gasteiger charge is 2.26. The van der Waals surface area contributed by atoms with E-state index in [9.17, 15) is 4.79 Å². The first-order valence-corrected chi connectivity index (χ1v) is 8.72. The number of hydrogen-bond acceptors (Lipinski definition) is 6. The zero-order valence-electron chi connectivity index (χ0n) is 14.9. The molecule has 0 spiro atoms. The van der Waals surface area contributed by atoms with Crippen molar-refractivity contribution in [2.45, 2.75) is 32.4 Å². The second kappa shape index (κ2) is 6.80. The largest absolute Gasteiger partial charge is 0.348 e. The number of rotatable bonds is 4. The van der Waals surface area contributed by atoms with Crippen molar-refractivity contribution in [3.8, 4) is 0 Å². The summed E-state index contributed by atoms with van der Waals surface area (Å²) in [7, 11) is 2.11. The van der Waals surface area contributed by atoms with Gasteiger partial charge in [-0.2, -0.15) is 5.10 Å². The van der Waals surface area contributed by atoms with E-state index in [1.807, 2.05) is 13.1 Å². The summed E-state index contributed by atoms with van der Waals surface area (Å²) in [6, 6.07) is 2.05. The maximum absolute atomic E-state index is 12.6. The van der Waals surface area contributed by atoms with Crippen LogP contribution in [0.3, 0.4) is 0 Å². The average Bonchev–Trinajstić information content (AvgIpc) is 3.26. The monoisotopic (exact) mass is 351 g/mol. The summed E-state index contributed by atoms with van der Waals surface area (Å²) in [5.41, 5.74) is 2.96. The van der Waals surface area contributed by atoms with Gasteiger partial charge in [-0.25, -0.2) is 19.5 Å². The van der Waals surface area contributed by atoms with Gasteiger partial charge >= 0.3 is 0 Å². The van der Waals surface area contributed by atoms with Gasteiger partial charge in [-0.1, -0.05) is 0 Å². The van der Waals surface area contributed by atoms with Gasteiger partial charge < -0.3 is 5.32 Å². The summed E-state index contributed by atoms with van der Waals surface area (Å²) in [6.45, 7) is 3.34. The molecule has 0 saturated carbocycles. The Balaban J connectivity index is 1.55. The topological polar surface area (TPSA) is 88.3 Å². The van der Waals surface area contributed by atoms with Crippen LogP contribution in [0.4, 0.5) is 0 Å². The first kappa shape index (κ1) is 16.6.